The molecule has 0 aliphatic heterocycles. The molecular formula is C15H18N2O2. The third kappa shape index (κ3) is 3.02. The summed E-state index contributed by atoms with van der Waals surface area (Å²) in [7, 11) is 0. The van der Waals surface area contributed by atoms with Gasteiger partial charge in [-0.1, -0.05) is 23.4 Å². The molecule has 0 spiro atoms. The summed E-state index contributed by atoms with van der Waals surface area (Å²) in [6.07, 6.45) is 0. The van der Waals surface area contributed by atoms with E-state index in [-0.39, 0.29) is 11.9 Å². The van der Waals surface area contributed by atoms with Crippen molar-refractivity contribution >= 4 is 5.91 Å². The maximum atomic E-state index is 12.0. The first-order valence-electron chi connectivity index (χ1n) is 6.28. The summed E-state index contributed by atoms with van der Waals surface area (Å²) in [5.74, 6) is 0.409. The van der Waals surface area contributed by atoms with Crippen LogP contribution in [0.2, 0.25) is 0 Å². The summed E-state index contributed by atoms with van der Waals surface area (Å²) in [6.45, 7) is 7.85. The Morgan fingerprint density at radius 2 is 1.95 bits per heavy atom. The Balaban J connectivity index is 2.10. The Morgan fingerprint density at radius 3 is 2.53 bits per heavy atom. The number of hydrogen-bond acceptors (Lipinski definition) is 3. The van der Waals surface area contributed by atoms with Gasteiger partial charge in [-0.2, -0.15) is 0 Å². The van der Waals surface area contributed by atoms with E-state index in [1.165, 1.54) is 11.1 Å². The number of rotatable bonds is 3. The van der Waals surface area contributed by atoms with E-state index in [0.29, 0.717) is 11.5 Å². The van der Waals surface area contributed by atoms with Gasteiger partial charge in [-0.15, -0.1) is 0 Å². The molecule has 4 nitrogen and oxygen atoms in total. The van der Waals surface area contributed by atoms with Crippen LogP contribution in [0.4, 0.5) is 0 Å². The Bertz CT molecular complexity index is 602. The Kier molecular flexibility index (Phi) is 3.69. The highest BCUT2D eigenvalue weighted by atomic mass is 16.5. The maximum Gasteiger partial charge on any atom is 0.273 e. The van der Waals surface area contributed by atoms with Gasteiger partial charge in [0.25, 0.3) is 5.91 Å². The van der Waals surface area contributed by atoms with Crippen molar-refractivity contribution in [3.63, 3.8) is 0 Å². The number of carbonyl (C=O) groups is 1. The highest BCUT2D eigenvalue weighted by molar-refractivity contribution is 5.92. The molecule has 1 aromatic heterocycles. The van der Waals surface area contributed by atoms with Crippen LogP contribution in [0.5, 0.6) is 0 Å². The number of carbonyl (C=O) groups excluding carboxylic acids is 1. The van der Waals surface area contributed by atoms with Gasteiger partial charge < -0.3 is 9.84 Å². The molecule has 4 heteroatoms. The molecule has 0 fully saturated rings. The van der Waals surface area contributed by atoms with Crippen LogP contribution in [0.1, 0.15) is 45.9 Å². The highest BCUT2D eigenvalue weighted by Gasteiger charge is 2.15. The molecule has 1 heterocycles. The highest BCUT2D eigenvalue weighted by Crippen LogP contribution is 2.17. The van der Waals surface area contributed by atoms with Gasteiger partial charge in [-0.3, -0.25) is 4.79 Å². The number of benzene rings is 1. The first-order chi connectivity index (χ1) is 8.97. The lowest BCUT2D eigenvalue weighted by Gasteiger charge is -2.14. The van der Waals surface area contributed by atoms with Crippen molar-refractivity contribution in [3.8, 4) is 0 Å². The normalized spacial score (nSPS) is 12.2. The molecule has 0 bridgehead atoms. The van der Waals surface area contributed by atoms with Crippen molar-refractivity contribution in [2.75, 3.05) is 0 Å². The third-order valence-electron chi connectivity index (χ3n) is 3.24. The second-order valence-electron chi connectivity index (χ2n) is 4.86. The first kappa shape index (κ1) is 13.3. The summed E-state index contributed by atoms with van der Waals surface area (Å²) >= 11 is 0. The molecule has 19 heavy (non-hydrogen) atoms. The van der Waals surface area contributed by atoms with E-state index in [1.807, 2.05) is 13.0 Å². The number of aryl methyl sites for hydroxylation is 3. The smallest absolute Gasteiger partial charge is 0.273 e. The minimum Gasteiger partial charge on any atom is -0.361 e. The predicted octanol–water partition coefficient (Wildman–Crippen LogP) is 3.09. The lowest BCUT2D eigenvalue weighted by Crippen LogP contribution is -2.26. The molecule has 0 radical (unpaired) electrons. The fourth-order valence-electron chi connectivity index (χ4n) is 1.86. The molecule has 1 atom stereocenters. The van der Waals surface area contributed by atoms with Gasteiger partial charge in [-0.05, 0) is 44.4 Å². The fraction of sp³-hybridized carbons (Fsp3) is 0.333. The van der Waals surface area contributed by atoms with E-state index in [0.717, 1.165) is 5.56 Å². The summed E-state index contributed by atoms with van der Waals surface area (Å²) in [5.41, 5.74) is 3.86. The van der Waals surface area contributed by atoms with Crippen LogP contribution >= 0.6 is 0 Å². The maximum absolute atomic E-state index is 12.0. The van der Waals surface area contributed by atoms with Gasteiger partial charge in [0.1, 0.15) is 5.76 Å². The van der Waals surface area contributed by atoms with Crippen LogP contribution in [-0.2, 0) is 0 Å². The summed E-state index contributed by atoms with van der Waals surface area (Å²) in [4.78, 5) is 12.0. The molecule has 1 amide bonds. The zero-order chi connectivity index (χ0) is 14.0. The number of amides is 1. The molecule has 2 aromatic rings. The predicted molar refractivity (Wildman–Crippen MR) is 73.0 cm³/mol. The van der Waals surface area contributed by atoms with E-state index < -0.39 is 0 Å². The van der Waals surface area contributed by atoms with Gasteiger partial charge >= 0.3 is 0 Å². The third-order valence-corrected chi connectivity index (χ3v) is 3.24. The van der Waals surface area contributed by atoms with Gasteiger partial charge in [0.15, 0.2) is 5.69 Å². The van der Waals surface area contributed by atoms with Gasteiger partial charge in [0, 0.05) is 6.07 Å². The number of nitrogens with one attached hydrogen (secondary N) is 1. The molecule has 1 unspecified atom stereocenters. The lowest BCUT2D eigenvalue weighted by atomic mass is 10.0. The van der Waals surface area contributed by atoms with Crippen molar-refractivity contribution < 1.29 is 9.32 Å². The van der Waals surface area contributed by atoms with Crippen molar-refractivity contribution in [3.05, 3.63) is 52.4 Å². The Labute approximate surface area is 112 Å². The number of nitrogens with zero attached hydrogens (tertiary/aromatic N) is 1. The van der Waals surface area contributed by atoms with Crippen LogP contribution in [-0.4, -0.2) is 11.1 Å². The summed E-state index contributed by atoms with van der Waals surface area (Å²) in [5, 5.41) is 6.62. The molecule has 0 aliphatic carbocycles. The van der Waals surface area contributed by atoms with E-state index in [1.54, 1.807) is 13.0 Å². The topological polar surface area (TPSA) is 55.1 Å². The average Bonchev–Trinajstić information content (AvgIpc) is 2.79. The summed E-state index contributed by atoms with van der Waals surface area (Å²) in [6, 6.07) is 7.75. The molecular weight excluding hydrogens is 240 g/mol. The average molecular weight is 258 g/mol. The molecule has 0 saturated heterocycles. The second-order valence-corrected chi connectivity index (χ2v) is 4.86. The molecule has 2 rings (SSSR count). The SMILES string of the molecule is Cc1cc(C(=O)NC(C)c2ccc(C)c(C)c2)no1. The van der Waals surface area contributed by atoms with Gasteiger partial charge in [0.2, 0.25) is 0 Å². The van der Waals surface area contributed by atoms with Crippen LogP contribution < -0.4 is 5.32 Å². The van der Waals surface area contributed by atoms with E-state index in [4.69, 9.17) is 4.52 Å². The van der Waals surface area contributed by atoms with Crippen molar-refractivity contribution in [2.24, 2.45) is 0 Å². The van der Waals surface area contributed by atoms with Crippen LogP contribution in [0.15, 0.2) is 28.8 Å². The van der Waals surface area contributed by atoms with Crippen molar-refractivity contribution in [1.29, 1.82) is 0 Å². The van der Waals surface area contributed by atoms with Crippen LogP contribution in [0.25, 0.3) is 0 Å². The van der Waals surface area contributed by atoms with E-state index in [2.05, 4.69) is 36.5 Å². The zero-order valence-corrected chi connectivity index (χ0v) is 11.7. The largest absolute Gasteiger partial charge is 0.361 e. The molecule has 1 aromatic carbocycles. The summed E-state index contributed by atoms with van der Waals surface area (Å²) < 4.78 is 4.90. The minimum atomic E-state index is -0.220. The van der Waals surface area contributed by atoms with Crippen molar-refractivity contribution in [2.45, 2.75) is 33.7 Å². The Hall–Kier alpha value is -2.10. The number of hydrogen-bond donors (Lipinski definition) is 1. The van der Waals surface area contributed by atoms with Gasteiger partial charge in [-0.25, -0.2) is 0 Å². The molecule has 100 valence electrons. The molecule has 0 aliphatic rings. The van der Waals surface area contributed by atoms with Crippen LogP contribution in [0.3, 0.4) is 0 Å². The minimum absolute atomic E-state index is 0.0659. The van der Waals surface area contributed by atoms with E-state index in [9.17, 15) is 4.79 Å². The fourth-order valence-corrected chi connectivity index (χ4v) is 1.86. The molecule has 1 N–H and O–H groups in total. The number of aromatic nitrogens is 1. The Morgan fingerprint density at radius 1 is 1.21 bits per heavy atom. The zero-order valence-electron chi connectivity index (χ0n) is 11.7. The first-order valence-corrected chi connectivity index (χ1v) is 6.28. The van der Waals surface area contributed by atoms with E-state index >= 15 is 0 Å². The molecule has 0 saturated carbocycles. The van der Waals surface area contributed by atoms with Crippen LogP contribution in [0, 0.1) is 20.8 Å². The van der Waals surface area contributed by atoms with Gasteiger partial charge in [0.05, 0.1) is 6.04 Å². The van der Waals surface area contributed by atoms with Crippen molar-refractivity contribution in [1.82, 2.24) is 10.5 Å². The second kappa shape index (κ2) is 5.26. The monoisotopic (exact) mass is 258 g/mol. The standard InChI is InChI=1S/C15H18N2O2/c1-9-5-6-13(7-10(9)2)12(4)16-15(18)14-8-11(3)19-17-14/h5-8,12H,1-4H3,(H,16,18). The lowest BCUT2D eigenvalue weighted by molar-refractivity contribution is 0.0930. The quantitative estimate of drug-likeness (QED) is 0.920.